The molecule has 21 N–H and O–H groups in total. The van der Waals surface area contributed by atoms with Gasteiger partial charge in [-0.2, -0.15) is 0 Å². The Morgan fingerprint density at radius 3 is 0.792 bits per heavy atom. The van der Waals surface area contributed by atoms with Crippen molar-refractivity contribution in [2.75, 3.05) is 7.11 Å². The first-order valence-electron chi connectivity index (χ1n) is 2.97. The Morgan fingerprint density at radius 1 is 0.750 bits per heavy atom. The molecule has 0 bridgehead atoms. The number of carboxylic acid groups (broad SMARTS) is 2. The van der Waals surface area contributed by atoms with Crippen LogP contribution in [0.2, 0.25) is 0 Å². The maximum Gasteiger partial charge on any atom is 0.402 e. The van der Waals surface area contributed by atoms with E-state index in [-0.39, 0.29) is 53.0 Å². The zero-order chi connectivity index (χ0) is 14.1. The van der Waals surface area contributed by atoms with Gasteiger partial charge < -0.3 is 56.4 Å². The van der Waals surface area contributed by atoms with Crippen LogP contribution in [0.3, 0.4) is 0 Å². The van der Waals surface area contributed by atoms with Crippen molar-refractivity contribution in [3.8, 4) is 0 Å². The van der Waals surface area contributed by atoms with Crippen molar-refractivity contribution >= 4 is 18.2 Å². The molecule has 0 heterocycles. The standard InChI is InChI=1S/CH4N2O.2CH3NO2.CH4O3.4CH4.2H3N.2H2O/c3*2-1(3)4;1-3-4-2;;;;;;;;/h(H4,2,3,4);2*2H2,(H,3,4);2H,1H3;4*1H4;2*1H3;2*1H2. The zero-order valence-electron chi connectivity index (χ0n) is 10.6. The van der Waals surface area contributed by atoms with Crippen LogP contribution in [0.5, 0.6) is 0 Å². The Bertz CT molecular complexity index is 156. The van der Waals surface area contributed by atoms with Gasteiger partial charge in [0.25, 0.3) is 0 Å². The number of hydrogen-bond acceptors (Lipinski definition) is 8. The van der Waals surface area contributed by atoms with Gasteiger partial charge in [0.15, 0.2) is 0 Å². The third kappa shape index (κ3) is 3100. The number of nitrogens with two attached hydrogens (primary N) is 4. The van der Waals surface area contributed by atoms with Crippen molar-refractivity contribution in [3.63, 3.8) is 0 Å². The van der Waals surface area contributed by atoms with Crippen LogP contribution < -0.4 is 35.2 Å². The maximum absolute atomic E-state index is 9.00. The van der Waals surface area contributed by atoms with Crippen molar-refractivity contribution in [1.29, 1.82) is 0 Å². The Labute approximate surface area is 142 Å². The molecule has 0 rings (SSSR count). The molecule has 24 heavy (non-hydrogen) atoms. The molecule has 0 fully saturated rings. The lowest BCUT2D eigenvalue weighted by Crippen LogP contribution is -2.18. The van der Waals surface area contributed by atoms with E-state index in [2.05, 4.69) is 32.9 Å². The first kappa shape index (κ1) is 99.9. The number of rotatable bonds is 1. The lowest BCUT2D eigenvalue weighted by molar-refractivity contribution is -0.479. The molecule has 0 spiro atoms. The van der Waals surface area contributed by atoms with Crippen molar-refractivity contribution in [3.05, 3.63) is 0 Å². The molecule has 16 heteroatoms. The molecule has 0 aliphatic heterocycles. The zero-order valence-corrected chi connectivity index (χ0v) is 10.6. The molecule has 162 valence electrons. The summed E-state index contributed by atoms with van der Waals surface area (Å²) in [5.41, 5.74) is 16.6. The van der Waals surface area contributed by atoms with E-state index >= 15 is 0 Å². The summed E-state index contributed by atoms with van der Waals surface area (Å²) in [4.78, 5) is 30.2. The highest BCUT2D eigenvalue weighted by atomic mass is 17.5. The van der Waals surface area contributed by atoms with E-state index in [1.165, 1.54) is 7.11 Å². The van der Waals surface area contributed by atoms with E-state index in [0.717, 1.165) is 0 Å². The quantitative estimate of drug-likeness (QED) is 0.207. The summed E-state index contributed by atoms with van der Waals surface area (Å²) in [6.07, 6.45) is -2.67. The van der Waals surface area contributed by atoms with Crippen LogP contribution in [-0.4, -0.2) is 51.8 Å². The third-order valence-electron chi connectivity index (χ3n) is 0.0745. The number of amides is 4. The van der Waals surface area contributed by atoms with Gasteiger partial charge in [0.05, 0.1) is 7.11 Å². The second-order valence-corrected chi connectivity index (χ2v) is 1.32. The Balaban J connectivity index is -0.00000000720. The Kier molecular flexibility index (Phi) is 448. The topological polar surface area (TPSA) is 367 Å². The first-order valence-corrected chi connectivity index (χ1v) is 2.97. The minimum absolute atomic E-state index is 0. The van der Waals surface area contributed by atoms with Crippen molar-refractivity contribution in [1.82, 2.24) is 12.3 Å². The molecule has 0 aliphatic rings. The van der Waals surface area contributed by atoms with Crippen molar-refractivity contribution in [2.45, 2.75) is 29.7 Å². The number of hydrogen-bond donors (Lipinski definition) is 9. The summed E-state index contributed by atoms with van der Waals surface area (Å²) in [6, 6.07) is -0.833. The van der Waals surface area contributed by atoms with E-state index in [0.29, 0.717) is 0 Å². The molecule has 0 radical (unpaired) electrons. The van der Waals surface area contributed by atoms with Crippen LogP contribution in [0.1, 0.15) is 29.7 Å². The van der Waals surface area contributed by atoms with Crippen LogP contribution in [-0.2, 0) is 9.93 Å². The fourth-order valence-electron chi connectivity index (χ4n) is 0. The largest absolute Gasteiger partial charge is 0.465 e. The van der Waals surface area contributed by atoms with E-state index in [1.807, 2.05) is 0 Å². The molecule has 0 aromatic carbocycles. The summed E-state index contributed by atoms with van der Waals surface area (Å²) < 4.78 is 0. The number of carbonyl (C=O) groups excluding carboxylic acids is 1. The average Bonchev–Trinajstić information content (AvgIpc) is 2.00. The molecule has 0 unspecified atom stereocenters. The fourth-order valence-corrected chi connectivity index (χ4v) is 0. The molecule has 0 atom stereocenters. The van der Waals surface area contributed by atoms with Gasteiger partial charge in [-0.15, -0.1) is 0 Å². The predicted molar refractivity (Wildman–Crippen MR) is 93.1 cm³/mol. The molecule has 0 aromatic heterocycles. The highest BCUT2D eigenvalue weighted by molar-refractivity contribution is 5.69. The molecule has 0 aliphatic carbocycles. The molecule has 0 saturated carbocycles. The maximum atomic E-state index is 9.00. The van der Waals surface area contributed by atoms with E-state index in [1.54, 1.807) is 0 Å². The number of urea groups is 1. The number of primary amides is 4. The second-order valence-electron chi connectivity index (χ2n) is 1.32. The van der Waals surface area contributed by atoms with Gasteiger partial charge in [0.1, 0.15) is 0 Å². The van der Waals surface area contributed by atoms with Gasteiger partial charge in [-0.1, -0.05) is 34.7 Å². The van der Waals surface area contributed by atoms with Crippen molar-refractivity contribution in [2.24, 2.45) is 22.9 Å². The monoisotopic (exact) mass is 380 g/mol. The van der Waals surface area contributed by atoms with Crippen molar-refractivity contribution < 1.29 is 50.7 Å². The summed E-state index contributed by atoms with van der Waals surface area (Å²) in [6.45, 7) is 0. The second kappa shape index (κ2) is 108. The molecular formula is C8H40N6O10. The van der Waals surface area contributed by atoms with Gasteiger partial charge in [-0.05, 0) is 0 Å². The van der Waals surface area contributed by atoms with Gasteiger partial charge >= 0.3 is 18.2 Å². The van der Waals surface area contributed by atoms with Gasteiger partial charge in [0.2, 0.25) is 0 Å². The Hall–Kier alpha value is -2.47. The van der Waals surface area contributed by atoms with E-state index in [4.69, 9.17) is 29.9 Å². The summed E-state index contributed by atoms with van der Waals surface area (Å²) in [5, 5.41) is 24.6. The lowest BCUT2D eigenvalue weighted by Gasteiger charge is -1.74. The molecule has 0 aromatic rings. The molecule has 0 saturated heterocycles. The van der Waals surface area contributed by atoms with Crippen LogP contribution in [0.25, 0.3) is 0 Å². The van der Waals surface area contributed by atoms with E-state index < -0.39 is 18.2 Å². The molecule has 4 amide bonds. The number of carbonyl (C=O) groups is 3. The molecular weight excluding hydrogens is 340 g/mol. The predicted octanol–water partition coefficient (Wildman–Crippen LogP) is -0.474. The normalized spacial score (nSPS) is 4.25. The molecule has 16 nitrogen and oxygen atoms in total. The van der Waals surface area contributed by atoms with Crippen LogP contribution in [0.15, 0.2) is 0 Å². The average molecular weight is 380 g/mol. The highest BCUT2D eigenvalue weighted by Gasteiger charge is 1.65. The van der Waals surface area contributed by atoms with Crippen LogP contribution in [0.4, 0.5) is 14.4 Å². The fraction of sp³-hybridized carbons (Fsp3) is 0.625. The van der Waals surface area contributed by atoms with Crippen LogP contribution in [0, 0.1) is 0 Å². The summed E-state index contributed by atoms with van der Waals surface area (Å²) in [7, 11) is 1.21. The summed E-state index contributed by atoms with van der Waals surface area (Å²) >= 11 is 0. The minimum Gasteiger partial charge on any atom is -0.465 e. The third-order valence-corrected chi connectivity index (χ3v) is 0.0745. The highest BCUT2D eigenvalue weighted by Crippen LogP contribution is 1.50. The lowest BCUT2D eigenvalue weighted by atomic mass is 11.2. The van der Waals surface area contributed by atoms with Gasteiger partial charge in [-0.3, -0.25) is 0 Å². The van der Waals surface area contributed by atoms with Gasteiger partial charge in [-0.25, -0.2) is 24.5 Å². The summed E-state index contributed by atoms with van der Waals surface area (Å²) in [5.74, 6) is 0. The smallest absolute Gasteiger partial charge is 0.402 e. The SMILES string of the molecule is C.C.C.C.COOO.N.N.NC(=O)O.NC(=O)O.NC(N)=O.O.O. The van der Waals surface area contributed by atoms with E-state index in [9.17, 15) is 0 Å². The first-order chi connectivity index (χ1) is 7.11. The minimum atomic E-state index is -1.33. The Morgan fingerprint density at radius 2 is 0.792 bits per heavy atom. The van der Waals surface area contributed by atoms with Gasteiger partial charge in [0, 0.05) is 0 Å². The van der Waals surface area contributed by atoms with Crippen LogP contribution >= 0.6 is 0 Å².